The molecule has 2 aliphatic heterocycles. The van der Waals surface area contributed by atoms with Crippen LogP contribution in [0.1, 0.15) is 40.7 Å². The molecule has 0 radical (unpaired) electrons. The lowest BCUT2D eigenvalue weighted by atomic mass is 10.1. The van der Waals surface area contributed by atoms with E-state index < -0.39 is 11.8 Å². The first kappa shape index (κ1) is 28.3. The molecule has 0 saturated carbocycles. The monoisotopic (exact) mass is 589 g/mol. The molecule has 2 saturated heterocycles. The highest BCUT2D eigenvalue weighted by atomic mass is 35.5. The van der Waals surface area contributed by atoms with Crippen LogP contribution in [0.15, 0.2) is 72.3 Å². The molecule has 210 valence electrons. The van der Waals surface area contributed by atoms with Crippen molar-refractivity contribution < 1.29 is 23.9 Å². The SMILES string of the molecule is COc1cc(/C=C2\C(=O)NC(=S)N(c3cccc(Cl)c3)C2=O)ccc1OCc1ccc(C(=O)N2CCCCC2)cc1. The summed E-state index contributed by atoms with van der Waals surface area (Å²) in [5.41, 5.74) is 2.49. The number of hydrogen-bond donors (Lipinski definition) is 1. The van der Waals surface area contributed by atoms with Crippen molar-refractivity contribution in [3.63, 3.8) is 0 Å². The third-order valence-corrected chi connectivity index (χ3v) is 7.42. The van der Waals surface area contributed by atoms with Crippen molar-refractivity contribution in [2.75, 3.05) is 25.1 Å². The molecule has 10 heteroatoms. The van der Waals surface area contributed by atoms with Gasteiger partial charge in [0.1, 0.15) is 12.2 Å². The second-order valence-corrected chi connectivity index (χ2v) is 10.5. The number of halogens is 1. The highest BCUT2D eigenvalue weighted by Gasteiger charge is 2.34. The van der Waals surface area contributed by atoms with Gasteiger partial charge in [0.15, 0.2) is 16.6 Å². The van der Waals surface area contributed by atoms with Crippen LogP contribution in [0.3, 0.4) is 0 Å². The maximum absolute atomic E-state index is 13.3. The summed E-state index contributed by atoms with van der Waals surface area (Å²) in [6, 6.07) is 19.2. The average Bonchev–Trinajstić information content (AvgIpc) is 2.98. The number of carbonyl (C=O) groups excluding carboxylic acids is 3. The Kier molecular flexibility index (Phi) is 8.66. The molecule has 2 heterocycles. The van der Waals surface area contributed by atoms with Gasteiger partial charge in [-0.3, -0.25) is 24.6 Å². The first-order valence-corrected chi connectivity index (χ1v) is 14.0. The summed E-state index contributed by atoms with van der Waals surface area (Å²) in [5.74, 6) is -0.181. The van der Waals surface area contributed by atoms with Crippen molar-refractivity contribution in [3.05, 3.63) is 94.0 Å². The molecule has 0 bridgehead atoms. The van der Waals surface area contributed by atoms with Gasteiger partial charge >= 0.3 is 0 Å². The Morgan fingerprint density at radius 3 is 2.46 bits per heavy atom. The summed E-state index contributed by atoms with van der Waals surface area (Å²) in [6.45, 7) is 1.88. The Morgan fingerprint density at radius 2 is 1.76 bits per heavy atom. The van der Waals surface area contributed by atoms with Crippen LogP contribution in [0.5, 0.6) is 11.5 Å². The van der Waals surface area contributed by atoms with Crippen molar-refractivity contribution in [2.24, 2.45) is 0 Å². The number of amides is 3. The molecule has 2 aliphatic rings. The predicted octanol–water partition coefficient (Wildman–Crippen LogP) is 5.39. The van der Waals surface area contributed by atoms with Crippen LogP contribution in [0, 0.1) is 0 Å². The van der Waals surface area contributed by atoms with Crippen molar-refractivity contribution in [3.8, 4) is 11.5 Å². The van der Waals surface area contributed by atoms with Crippen LogP contribution in [-0.2, 0) is 16.2 Å². The van der Waals surface area contributed by atoms with E-state index in [0.717, 1.165) is 31.5 Å². The van der Waals surface area contributed by atoms with Crippen LogP contribution >= 0.6 is 23.8 Å². The number of hydrogen-bond acceptors (Lipinski definition) is 6. The number of ether oxygens (including phenoxy) is 2. The molecule has 0 spiro atoms. The first-order chi connectivity index (χ1) is 19.8. The van der Waals surface area contributed by atoms with Crippen molar-refractivity contribution in [1.82, 2.24) is 10.2 Å². The number of rotatable bonds is 7. The van der Waals surface area contributed by atoms with E-state index in [-0.39, 0.29) is 23.2 Å². The van der Waals surface area contributed by atoms with E-state index in [0.29, 0.717) is 33.3 Å². The molecule has 0 aliphatic carbocycles. The molecular formula is C31H28ClN3O5S. The first-order valence-electron chi connectivity index (χ1n) is 13.2. The normalized spacial score (nSPS) is 16.5. The number of benzene rings is 3. The van der Waals surface area contributed by atoms with E-state index in [1.165, 1.54) is 24.5 Å². The van der Waals surface area contributed by atoms with Gasteiger partial charge in [-0.2, -0.15) is 0 Å². The molecule has 3 amide bonds. The zero-order chi connectivity index (χ0) is 28.9. The van der Waals surface area contributed by atoms with Gasteiger partial charge in [-0.25, -0.2) is 0 Å². The molecule has 3 aromatic rings. The van der Waals surface area contributed by atoms with E-state index >= 15 is 0 Å². The number of nitrogens with one attached hydrogen (secondary N) is 1. The standard InChI is InChI=1S/C31H28ClN3O5S/c1-39-27-17-21(16-25-28(36)33-31(41)35(30(25)38)24-7-5-6-23(32)18-24)10-13-26(27)40-19-20-8-11-22(12-9-20)29(37)34-14-3-2-4-15-34/h5-13,16-18H,2-4,14-15,19H2,1H3,(H,33,36,41)/b25-16+. The van der Waals surface area contributed by atoms with Crippen molar-refractivity contribution in [1.29, 1.82) is 0 Å². The fraction of sp³-hybridized carbons (Fsp3) is 0.226. The van der Waals surface area contributed by atoms with Gasteiger partial charge in [-0.05, 0) is 91.1 Å². The van der Waals surface area contributed by atoms with Gasteiger partial charge in [0.25, 0.3) is 17.7 Å². The Morgan fingerprint density at radius 1 is 1.00 bits per heavy atom. The number of likely N-dealkylation sites (tertiary alicyclic amines) is 1. The molecule has 8 nitrogen and oxygen atoms in total. The number of thiocarbonyl (C=S) groups is 1. The van der Waals surface area contributed by atoms with Crippen molar-refractivity contribution >= 4 is 58.4 Å². The Labute approximate surface area is 248 Å². The summed E-state index contributed by atoms with van der Waals surface area (Å²) in [7, 11) is 1.51. The van der Waals surface area contributed by atoms with Crippen LogP contribution in [0.4, 0.5) is 5.69 Å². The lowest BCUT2D eigenvalue weighted by molar-refractivity contribution is -0.122. The van der Waals surface area contributed by atoms with Gasteiger partial charge in [-0.1, -0.05) is 35.9 Å². The molecule has 1 N–H and O–H groups in total. The lowest BCUT2D eigenvalue weighted by Crippen LogP contribution is -2.54. The topological polar surface area (TPSA) is 88.2 Å². The quantitative estimate of drug-likeness (QED) is 0.226. The second-order valence-electron chi connectivity index (χ2n) is 9.69. The molecule has 2 fully saturated rings. The highest BCUT2D eigenvalue weighted by molar-refractivity contribution is 7.80. The molecular weight excluding hydrogens is 562 g/mol. The average molecular weight is 590 g/mol. The van der Waals surface area contributed by atoms with E-state index in [4.69, 9.17) is 33.3 Å². The van der Waals surface area contributed by atoms with Crippen LogP contribution in [0.25, 0.3) is 6.08 Å². The number of piperidine rings is 1. The molecule has 0 atom stereocenters. The number of carbonyl (C=O) groups is 3. The third kappa shape index (κ3) is 6.42. The largest absolute Gasteiger partial charge is 0.493 e. The maximum Gasteiger partial charge on any atom is 0.270 e. The molecule has 3 aromatic carbocycles. The molecule has 0 unspecified atom stereocenters. The number of methoxy groups -OCH3 is 1. The van der Waals surface area contributed by atoms with E-state index in [9.17, 15) is 14.4 Å². The van der Waals surface area contributed by atoms with Gasteiger partial charge in [-0.15, -0.1) is 0 Å². The third-order valence-electron chi connectivity index (χ3n) is 6.91. The number of anilines is 1. The summed E-state index contributed by atoms with van der Waals surface area (Å²) < 4.78 is 11.5. The van der Waals surface area contributed by atoms with Gasteiger partial charge < -0.3 is 14.4 Å². The summed E-state index contributed by atoms with van der Waals surface area (Å²) in [4.78, 5) is 41.8. The fourth-order valence-corrected chi connectivity index (χ4v) is 5.22. The van der Waals surface area contributed by atoms with Crippen LogP contribution < -0.4 is 19.7 Å². The van der Waals surface area contributed by atoms with Gasteiger partial charge in [0.2, 0.25) is 0 Å². The molecule has 5 rings (SSSR count). The van der Waals surface area contributed by atoms with Crippen LogP contribution in [-0.4, -0.2) is 47.9 Å². The Bertz CT molecular complexity index is 1530. The van der Waals surface area contributed by atoms with Gasteiger partial charge in [0, 0.05) is 23.7 Å². The summed E-state index contributed by atoms with van der Waals surface area (Å²) in [6.07, 6.45) is 4.75. The molecule has 41 heavy (non-hydrogen) atoms. The lowest BCUT2D eigenvalue weighted by Gasteiger charge is -2.29. The van der Waals surface area contributed by atoms with E-state index in [2.05, 4.69) is 5.32 Å². The van der Waals surface area contributed by atoms with E-state index in [1.807, 2.05) is 29.2 Å². The summed E-state index contributed by atoms with van der Waals surface area (Å²) >= 11 is 11.3. The maximum atomic E-state index is 13.3. The minimum Gasteiger partial charge on any atom is -0.493 e. The fourth-order valence-electron chi connectivity index (χ4n) is 4.75. The zero-order valence-corrected chi connectivity index (χ0v) is 24.0. The summed E-state index contributed by atoms with van der Waals surface area (Å²) in [5, 5.41) is 2.97. The number of nitrogens with zero attached hydrogens (tertiary/aromatic N) is 2. The van der Waals surface area contributed by atoms with Crippen LogP contribution in [0.2, 0.25) is 5.02 Å². The zero-order valence-electron chi connectivity index (χ0n) is 22.4. The smallest absolute Gasteiger partial charge is 0.270 e. The Balaban J connectivity index is 1.29. The van der Waals surface area contributed by atoms with Crippen molar-refractivity contribution in [2.45, 2.75) is 25.9 Å². The Hall–Kier alpha value is -4.21. The minimum atomic E-state index is -0.597. The van der Waals surface area contributed by atoms with Gasteiger partial charge in [0.05, 0.1) is 12.8 Å². The predicted molar refractivity (Wildman–Crippen MR) is 161 cm³/mol. The van der Waals surface area contributed by atoms with E-state index in [1.54, 1.807) is 42.5 Å². The minimum absolute atomic E-state index is 0.0235. The highest BCUT2D eigenvalue weighted by Crippen LogP contribution is 2.31. The second kappa shape index (κ2) is 12.5. The molecule has 0 aromatic heterocycles.